The van der Waals surface area contributed by atoms with Crippen LogP contribution >= 0.6 is 23.7 Å². The van der Waals surface area contributed by atoms with Crippen LogP contribution in [0.3, 0.4) is 0 Å². The summed E-state index contributed by atoms with van der Waals surface area (Å²) in [5.74, 6) is -0.167. The quantitative estimate of drug-likeness (QED) is 0.390. The minimum absolute atomic E-state index is 0. The van der Waals surface area contributed by atoms with E-state index in [0.29, 0.717) is 30.3 Å². The summed E-state index contributed by atoms with van der Waals surface area (Å²) in [6.45, 7) is 6.59. The van der Waals surface area contributed by atoms with Gasteiger partial charge < -0.3 is 4.90 Å². The highest BCUT2D eigenvalue weighted by Gasteiger charge is 2.27. The molecule has 1 aliphatic rings. The van der Waals surface area contributed by atoms with Crippen LogP contribution in [0.15, 0.2) is 41.3 Å². The van der Waals surface area contributed by atoms with E-state index in [1.165, 1.54) is 16.9 Å². The highest BCUT2D eigenvalue weighted by atomic mass is 35.5. The summed E-state index contributed by atoms with van der Waals surface area (Å²) in [6.07, 6.45) is 3.64. The third-order valence-electron chi connectivity index (χ3n) is 6.34. The second-order valence-corrected chi connectivity index (χ2v) is 12.5. The molecule has 1 fully saturated rings. The lowest BCUT2D eigenvalue weighted by Crippen LogP contribution is -2.35. The first kappa shape index (κ1) is 28.5. The van der Waals surface area contributed by atoms with Crippen molar-refractivity contribution in [2.24, 2.45) is 0 Å². The molecule has 0 radical (unpaired) electrons. The number of carbonyl (C=O) groups is 1. The maximum absolute atomic E-state index is 13.6. The number of anilines is 1. The van der Waals surface area contributed by atoms with Crippen LogP contribution in [0, 0.1) is 13.8 Å². The number of halogens is 1. The average Bonchev–Trinajstić information content (AvgIpc) is 3.26. The number of fused-ring (bicyclic) bond motifs is 1. The second kappa shape index (κ2) is 12.0. The molecule has 2 heterocycles. The molecule has 196 valence electrons. The molecule has 3 aromatic rings. The van der Waals surface area contributed by atoms with Gasteiger partial charge in [-0.1, -0.05) is 23.8 Å². The molecule has 0 unspecified atom stereocenters. The van der Waals surface area contributed by atoms with Crippen molar-refractivity contribution in [2.75, 3.05) is 45.2 Å². The normalized spacial score (nSPS) is 14.7. The largest absolute Gasteiger partial charge is 0.309 e. The van der Waals surface area contributed by atoms with Gasteiger partial charge in [-0.2, -0.15) is 4.31 Å². The van der Waals surface area contributed by atoms with Crippen LogP contribution < -0.4 is 4.90 Å². The maximum Gasteiger partial charge on any atom is 0.260 e. The van der Waals surface area contributed by atoms with E-state index in [1.807, 2.05) is 21.0 Å². The first-order valence-electron chi connectivity index (χ1n) is 12.1. The molecule has 7 nitrogen and oxygen atoms in total. The number of benzene rings is 2. The van der Waals surface area contributed by atoms with Crippen LogP contribution in [0.25, 0.3) is 10.2 Å². The fourth-order valence-corrected chi connectivity index (χ4v) is 7.17. The third kappa shape index (κ3) is 6.26. The smallest absolute Gasteiger partial charge is 0.260 e. The Morgan fingerprint density at radius 2 is 1.69 bits per heavy atom. The fraction of sp³-hybridized carbons (Fsp3) is 0.462. The number of hydrogen-bond donors (Lipinski definition) is 0. The zero-order valence-electron chi connectivity index (χ0n) is 21.4. The van der Waals surface area contributed by atoms with Crippen molar-refractivity contribution in [3.63, 3.8) is 0 Å². The molecule has 0 bridgehead atoms. The molecule has 0 N–H and O–H groups in total. The zero-order valence-corrected chi connectivity index (χ0v) is 23.8. The minimum Gasteiger partial charge on any atom is -0.309 e. The number of rotatable bonds is 8. The van der Waals surface area contributed by atoms with Gasteiger partial charge in [0, 0.05) is 25.2 Å². The van der Waals surface area contributed by atoms with Crippen LogP contribution in [0.4, 0.5) is 5.13 Å². The molecule has 1 amide bonds. The van der Waals surface area contributed by atoms with E-state index in [-0.39, 0.29) is 23.2 Å². The van der Waals surface area contributed by atoms with Crippen LogP contribution in [0.5, 0.6) is 0 Å². The van der Waals surface area contributed by atoms with Crippen molar-refractivity contribution < 1.29 is 13.2 Å². The Kier molecular flexibility index (Phi) is 9.51. The Balaban J connectivity index is 0.00000361. The number of nitrogens with zero attached hydrogens (tertiary/aromatic N) is 4. The summed E-state index contributed by atoms with van der Waals surface area (Å²) in [6, 6.07) is 10.6. The van der Waals surface area contributed by atoms with Crippen LogP contribution in [0.1, 0.15) is 47.2 Å². The summed E-state index contributed by atoms with van der Waals surface area (Å²) in [5.41, 5.74) is 3.64. The summed E-state index contributed by atoms with van der Waals surface area (Å²) < 4.78 is 28.6. The van der Waals surface area contributed by atoms with Crippen LogP contribution in [-0.2, 0) is 10.0 Å². The summed E-state index contributed by atoms with van der Waals surface area (Å²) >= 11 is 1.52. The van der Waals surface area contributed by atoms with Gasteiger partial charge in [-0.15, -0.1) is 12.4 Å². The Labute approximate surface area is 224 Å². The SMILES string of the molecule is Cc1cc(C)c2nc(N(CCCN(C)C)C(=O)c3ccc(S(=O)(=O)N4CCCCC4)cc3)sc2c1.Cl. The Hall–Kier alpha value is -2.04. The van der Waals surface area contributed by atoms with Gasteiger partial charge in [0.15, 0.2) is 5.13 Å². The molecule has 1 aliphatic heterocycles. The highest BCUT2D eigenvalue weighted by Crippen LogP contribution is 2.33. The predicted molar refractivity (Wildman–Crippen MR) is 150 cm³/mol. The second-order valence-electron chi connectivity index (χ2n) is 9.53. The van der Waals surface area contributed by atoms with E-state index < -0.39 is 10.0 Å². The molecular formula is C26H35ClN4O3S2. The maximum atomic E-state index is 13.6. The lowest BCUT2D eigenvalue weighted by Gasteiger charge is -2.26. The van der Waals surface area contributed by atoms with Crippen LogP contribution in [0.2, 0.25) is 0 Å². The molecule has 0 spiro atoms. The predicted octanol–water partition coefficient (Wildman–Crippen LogP) is 5.11. The van der Waals surface area contributed by atoms with Gasteiger partial charge in [0.2, 0.25) is 10.0 Å². The number of aryl methyl sites for hydroxylation is 2. The Bertz CT molecular complexity index is 1300. The molecule has 36 heavy (non-hydrogen) atoms. The van der Waals surface area contributed by atoms with Crippen molar-refractivity contribution >= 4 is 55.0 Å². The van der Waals surface area contributed by atoms with Gasteiger partial charge >= 0.3 is 0 Å². The Morgan fingerprint density at radius 3 is 2.33 bits per heavy atom. The topological polar surface area (TPSA) is 73.8 Å². The standard InChI is InChI=1S/C26H34N4O3S2.ClH/c1-19-17-20(2)24-23(18-19)34-26(27-24)30(16-8-13-28(3)4)25(31)21-9-11-22(12-10-21)35(32,33)29-14-6-5-7-15-29;/h9-12,17-18H,5-8,13-16H2,1-4H3;1H. The van der Waals surface area contributed by atoms with E-state index in [0.717, 1.165) is 48.0 Å². The molecule has 0 saturated carbocycles. The zero-order chi connectivity index (χ0) is 25.2. The molecule has 1 saturated heterocycles. The number of carbonyl (C=O) groups excluding carboxylic acids is 1. The molecule has 4 rings (SSSR count). The van der Waals surface area contributed by atoms with Crippen molar-refractivity contribution in [1.82, 2.24) is 14.2 Å². The van der Waals surface area contributed by atoms with Gasteiger partial charge in [-0.3, -0.25) is 9.69 Å². The van der Waals surface area contributed by atoms with E-state index in [9.17, 15) is 13.2 Å². The number of aromatic nitrogens is 1. The number of thiazole rings is 1. The molecule has 1 aromatic heterocycles. The third-order valence-corrected chi connectivity index (χ3v) is 9.27. The van der Waals surface area contributed by atoms with Gasteiger partial charge in [0.1, 0.15) is 0 Å². The van der Waals surface area contributed by atoms with Crippen molar-refractivity contribution in [3.05, 3.63) is 53.1 Å². The number of amides is 1. The molecule has 0 atom stereocenters. The van der Waals surface area contributed by atoms with Crippen molar-refractivity contribution in [3.8, 4) is 0 Å². The van der Waals surface area contributed by atoms with Gasteiger partial charge in [0.25, 0.3) is 5.91 Å². The lowest BCUT2D eigenvalue weighted by atomic mass is 10.1. The van der Waals surface area contributed by atoms with Gasteiger partial charge in [0.05, 0.1) is 15.1 Å². The number of piperidine rings is 1. The Morgan fingerprint density at radius 1 is 1.03 bits per heavy atom. The van der Waals surface area contributed by atoms with E-state index >= 15 is 0 Å². The fourth-order valence-electron chi connectivity index (χ4n) is 4.48. The van der Waals surface area contributed by atoms with Gasteiger partial charge in [-0.25, -0.2) is 13.4 Å². The van der Waals surface area contributed by atoms with Gasteiger partial charge in [-0.05, 0) is 95.2 Å². The first-order valence-corrected chi connectivity index (χ1v) is 14.4. The number of hydrogen-bond acceptors (Lipinski definition) is 6. The first-order chi connectivity index (χ1) is 16.7. The molecule has 0 aliphatic carbocycles. The highest BCUT2D eigenvalue weighted by molar-refractivity contribution is 7.89. The monoisotopic (exact) mass is 550 g/mol. The van der Waals surface area contributed by atoms with E-state index in [2.05, 4.69) is 24.0 Å². The van der Waals surface area contributed by atoms with E-state index in [4.69, 9.17) is 4.98 Å². The molecule has 10 heteroatoms. The molecule has 2 aromatic carbocycles. The van der Waals surface area contributed by atoms with Crippen LogP contribution in [-0.4, -0.2) is 68.8 Å². The average molecular weight is 551 g/mol. The van der Waals surface area contributed by atoms with Crippen molar-refractivity contribution in [1.29, 1.82) is 0 Å². The van der Waals surface area contributed by atoms with E-state index in [1.54, 1.807) is 33.5 Å². The van der Waals surface area contributed by atoms with Crippen molar-refractivity contribution in [2.45, 2.75) is 44.4 Å². The lowest BCUT2D eigenvalue weighted by molar-refractivity contribution is 0.0986. The summed E-state index contributed by atoms with van der Waals surface area (Å²) in [4.78, 5) is 22.5. The number of sulfonamides is 1. The summed E-state index contributed by atoms with van der Waals surface area (Å²) in [5, 5.41) is 0.669. The summed E-state index contributed by atoms with van der Waals surface area (Å²) in [7, 11) is 0.489. The minimum atomic E-state index is -3.53. The molecular weight excluding hydrogens is 516 g/mol.